The second kappa shape index (κ2) is 4.95. The summed E-state index contributed by atoms with van der Waals surface area (Å²) in [5.74, 6) is 0. The highest BCUT2D eigenvalue weighted by atomic mass is 15.1. The smallest absolute Gasteiger partial charge is 0.0233 e. The maximum absolute atomic E-state index is 2.40. The molecule has 92 valence electrons. The molecule has 0 amide bonds. The number of hydrogen-bond acceptors (Lipinski definition) is 1. The molecule has 1 aliphatic rings. The third-order valence-corrected chi connectivity index (χ3v) is 3.72. The van der Waals surface area contributed by atoms with Crippen LogP contribution in [0, 0.1) is 0 Å². The van der Waals surface area contributed by atoms with Gasteiger partial charge in [0.2, 0.25) is 0 Å². The first-order valence-electron chi connectivity index (χ1n) is 6.64. The van der Waals surface area contributed by atoms with Crippen LogP contribution >= 0.6 is 0 Å². The maximum Gasteiger partial charge on any atom is 0.0233 e. The van der Waals surface area contributed by atoms with E-state index in [1.807, 2.05) is 0 Å². The maximum atomic E-state index is 2.40. The molecule has 1 aliphatic heterocycles. The van der Waals surface area contributed by atoms with Gasteiger partial charge in [-0.3, -0.25) is 0 Å². The van der Waals surface area contributed by atoms with Gasteiger partial charge in [0.1, 0.15) is 0 Å². The Morgan fingerprint density at radius 1 is 0.944 bits per heavy atom. The van der Waals surface area contributed by atoms with Crippen LogP contribution in [0.4, 0.5) is 0 Å². The van der Waals surface area contributed by atoms with Gasteiger partial charge in [-0.15, -0.1) is 0 Å². The molecule has 2 aromatic rings. The van der Waals surface area contributed by atoms with Gasteiger partial charge in [-0.1, -0.05) is 48.5 Å². The second-order valence-corrected chi connectivity index (χ2v) is 5.25. The van der Waals surface area contributed by atoms with Gasteiger partial charge in [-0.25, -0.2) is 0 Å². The van der Waals surface area contributed by atoms with Crippen molar-refractivity contribution in [2.45, 2.75) is 19.4 Å². The van der Waals surface area contributed by atoms with Gasteiger partial charge in [0, 0.05) is 13.1 Å². The highest BCUT2D eigenvalue weighted by molar-refractivity contribution is 5.36. The summed E-state index contributed by atoms with van der Waals surface area (Å²) in [6.45, 7) is 2.28. The molecule has 0 radical (unpaired) electrons. The van der Waals surface area contributed by atoms with Gasteiger partial charge in [0.05, 0.1) is 0 Å². The molecule has 1 heterocycles. The van der Waals surface area contributed by atoms with E-state index in [9.17, 15) is 0 Å². The molecular weight excluding hydrogens is 218 g/mol. The van der Waals surface area contributed by atoms with Crippen LogP contribution in [0.5, 0.6) is 0 Å². The van der Waals surface area contributed by atoms with Crippen molar-refractivity contribution in [1.82, 2.24) is 4.90 Å². The summed E-state index contributed by atoms with van der Waals surface area (Å²) < 4.78 is 0. The summed E-state index contributed by atoms with van der Waals surface area (Å²) in [6, 6.07) is 17.7. The number of rotatable bonds is 2. The summed E-state index contributed by atoms with van der Waals surface area (Å²) >= 11 is 0. The minimum Gasteiger partial charge on any atom is -0.302 e. The molecule has 0 aliphatic carbocycles. The zero-order chi connectivity index (χ0) is 12.4. The topological polar surface area (TPSA) is 3.24 Å². The molecule has 0 bridgehead atoms. The average molecular weight is 237 g/mol. The third kappa shape index (κ3) is 2.46. The fourth-order valence-electron chi connectivity index (χ4n) is 2.69. The Labute approximate surface area is 109 Å². The summed E-state index contributed by atoms with van der Waals surface area (Å²) in [5, 5.41) is 0. The highest BCUT2D eigenvalue weighted by Gasteiger charge is 2.13. The van der Waals surface area contributed by atoms with Crippen molar-refractivity contribution in [2.24, 2.45) is 0 Å². The SMILES string of the molecule is CN1CCc2cc(Cc3ccccc3)ccc2C1. The van der Waals surface area contributed by atoms with E-state index in [2.05, 4.69) is 60.5 Å². The fraction of sp³-hybridized carbons (Fsp3) is 0.294. The summed E-state index contributed by atoms with van der Waals surface area (Å²) in [5.41, 5.74) is 5.87. The van der Waals surface area contributed by atoms with E-state index in [1.54, 1.807) is 5.56 Å². The number of benzene rings is 2. The van der Waals surface area contributed by atoms with E-state index in [0.29, 0.717) is 0 Å². The van der Waals surface area contributed by atoms with E-state index in [1.165, 1.54) is 29.7 Å². The Kier molecular flexibility index (Phi) is 3.16. The molecular formula is C17H19N. The van der Waals surface area contributed by atoms with E-state index in [4.69, 9.17) is 0 Å². The molecule has 2 aromatic carbocycles. The Morgan fingerprint density at radius 2 is 1.78 bits per heavy atom. The Morgan fingerprint density at radius 3 is 2.61 bits per heavy atom. The second-order valence-electron chi connectivity index (χ2n) is 5.25. The predicted octanol–water partition coefficient (Wildman–Crippen LogP) is 3.27. The lowest BCUT2D eigenvalue weighted by molar-refractivity contribution is 0.313. The number of likely N-dealkylation sites (N-methyl/N-ethyl adjacent to an activating group) is 1. The molecule has 0 spiro atoms. The summed E-state index contributed by atoms with van der Waals surface area (Å²) in [6.07, 6.45) is 2.23. The van der Waals surface area contributed by atoms with E-state index < -0.39 is 0 Å². The van der Waals surface area contributed by atoms with E-state index in [-0.39, 0.29) is 0 Å². The molecule has 0 fully saturated rings. The van der Waals surface area contributed by atoms with E-state index in [0.717, 1.165) is 13.0 Å². The Balaban J connectivity index is 1.82. The molecule has 1 nitrogen and oxygen atoms in total. The van der Waals surface area contributed by atoms with Crippen molar-refractivity contribution >= 4 is 0 Å². The molecule has 1 heteroatoms. The van der Waals surface area contributed by atoms with Gasteiger partial charge in [0.15, 0.2) is 0 Å². The average Bonchev–Trinajstić information content (AvgIpc) is 2.40. The molecule has 3 rings (SSSR count). The van der Waals surface area contributed by atoms with E-state index >= 15 is 0 Å². The largest absolute Gasteiger partial charge is 0.302 e. The van der Waals surface area contributed by atoms with Crippen LogP contribution in [0.25, 0.3) is 0 Å². The van der Waals surface area contributed by atoms with Gasteiger partial charge >= 0.3 is 0 Å². The number of nitrogens with zero attached hydrogens (tertiary/aromatic N) is 1. The standard InChI is InChI=1S/C17H19N/c1-18-10-9-16-12-15(7-8-17(16)13-18)11-14-5-3-2-4-6-14/h2-8,12H,9-11,13H2,1H3. The van der Waals surface area contributed by atoms with Crippen molar-refractivity contribution in [1.29, 1.82) is 0 Å². The lowest BCUT2D eigenvalue weighted by Crippen LogP contribution is -2.26. The molecule has 0 aromatic heterocycles. The first-order valence-corrected chi connectivity index (χ1v) is 6.64. The first kappa shape index (κ1) is 11.5. The highest BCUT2D eigenvalue weighted by Crippen LogP contribution is 2.20. The normalized spacial score (nSPS) is 15.4. The Hall–Kier alpha value is -1.60. The Bertz CT molecular complexity index is 531. The van der Waals surface area contributed by atoms with Crippen LogP contribution in [-0.4, -0.2) is 18.5 Å². The van der Waals surface area contributed by atoms with Crippen LogP contribution in [0.2, 0.25) is 0 Å². The van der Waals surface area contributed by atoms with Gasteiger partial charge < -0.3 is 4.90 Å². The zero-order valence-electron chi connectivity index (χ0n) is 10.9. The van der Waals surface area contributed by atoms with Gasteiger partial charge in [-0.05, 0) is 42.1 Å². The predicted molar refractivity (Wildman–Crippen MR) is 75.7 cm³/mol. The van der Waals surface area contributed by atoms with Crippen molar-refractivity contribution in [3.63, 3.8) is 0 Å². The van der Waals surface area contributed by atoms with Crippen molar-refractivity contribution in [2.75, 3.05) is 13.6 Å². The lowest BCUT2D eigenvalue weighted by atomic mass is 9.95. The van der Waals surface area contributed by atoms with Crippen molar-refractivity contribution in [3.8, 4) is 0 Å². The summed E-state index contributed by atoms with van der Waals surface area (Å²) in [4.78, 5) is 2.39. The molecule has 0 saturated carbocycles. The molecule has 0 saturated heterocycles. The fourth-order valence-corrected chi connectivity index (χ4v) is 2.69. The number of hydrogen-bond donors (Lipinski definition) is 0. The van der Waals surface area contributed by atoms with Gasteiger partial charge in [-0.2, -0.15) is 0 Å². The van der Waals surface area contributed by atoms with Crippen LogP contribution in [-0.2, 0) is 19.4 Å². The molecule has 0 atom stereocenters. The molecule has 0 N–H and O–H groups in total. The van der Waals surface area contributed by atoms with Crippen LogP contribution in [0.15, 0.2) is 48.5 Å². The quantitative estimate of drug-likeness (QED) is 0.775. The van der Waals surface area contributed by atoms with Crippen LogP contribution in [0.3, 0.4) is 0 Å². The van der Waals surface area contributed by atoms with Crippen molar-refractivity contribution < 1.29 is 0 Å². The molecule has 0 unspecified atom stereocenters. The third-order valence-electron chi connectivity index (χ3n) is 3.72. The minimum absolute atomic E-state index is 1.05. The monoisotopic (exact) mass is 237 g/mol. The summed E-state index contributed by atoms with van der Waals surface area (Å²) in [7, 11) is 2.20. The first-order chi connectivity index (χ1) is 8.81. The van der Waals surface area contributed by atoms with Crippen LogP contribution in [0.1, 0.15) is 22.3 Å². The van der Waals surface area contributed by atoms with Crippen molar-refractivity contribution in [3.05, 3.63) is 70.8 Å². The van der Waals surface area contributed by atoms with Gasteiger partial charge in [0.25, 0.3) is 0 Å². The minimum atomic E-state index is 1.05. The zero-order valence-corrected chi connectivity index (χ0v) is 10.9. The molecule has 18 heavy (non-hydrogen) atoms. The lowest BCUT2D eigenvalue weighted by Gasteiger charge is -2.25. The van der Waals surface area contributed by atoms with Crippen LogP contribution < -0.4 is 0 Å². The number of fused-ring (bicyclic) bond motifs is 1.